The molecule has 1 amide bonds. The van der Waals surface area contributed by atoms with Crippen LogP contribution in [-0.4, -0.2) is 15.7 Å². The van der Waals surface area contributed by atoms with Gasteiger partial charge in [0.1, 0.15) is 0 Å². The average Bonchev–Trinajstić information content (AvgIpc) is 3.00. The lowest BCUT2D eigenvalue weighted by molar-refractivity contribution is 0.102. The molecule has 0 aliphatic carbocycles. The first-order chi connectivity index (χ1) is 11.1. The van der Waals surface area contributed by atoms with Crippen LogP contribution >= 0.6 is 0 Å². The van der Waals surface area contributed by atoms with Gasteiger partial charge in [0.05, 0.1) is 18.3 Å². The van der Waals surface area contributed by atoms with Gasteiger partial charge in [-0.15, -0.1) is 0 Å². The summed E-state index contributed by atoms with van der Waals surface area (Å²) in [7, 11) is 0. The SMILES string of the molecule is Cc1cccc(C)c1NC(=O)c1cnn(Cc2ccccc2)c1. The second kappa shape index (κ2) is 6.48. The van der Waals surface area contributed by atoms with Crippen LogP contribution in [0.15, 0.2) is 60.9 Å². The van der Waals surface area contributed by atoms with Crippen molar-refractivity contribution in [2.24, 2.45) is 0 Å². The minimum Gasteiger partial charge on any atom is -0.321 e. The van der Waals surface area contributed by atoms with Gasteiger partial charge < -0.3 is 5.32 Å². The number of carbonyl (C=O) groups is 1. The zero-order valence-electron chi connectivity index (χ0n) is 13.3. The van der Waals surface area contributed by atoms with E-state index in [-0.39, 0.29) is 5.91 Å². The molecular formula is C19H19N3O. The molecule has 0 aliphatic rings. The monoisotopic (exact) mass is 305 g/mol. The highest BCUT2D eigenvalue weighted by Crippen LogP contribution is 2.20. The van der Waals surface area contributed by atoms with Crippen LogP contribution in [0.4, 0.5) is 5.69 Å². The van der Waals surface area contributed by atoms with Crippen molar-refractivity contribution in [3.63, 3.8) is 0 Å². The molecule has 1 aromatic heterocycles. The normalized spacial score (nSPS) is 10.5. The molecule has 3 aromatic rings. The minimum absolute atomic E-state index is 0.137. The topological polar surface area (TPSA) is 46.9 Å². The molecule has 23 heavy (non-hydrogen) atoms. The molecule has 4 nitrogen and oxygen atoms in total. The number of carbonyl (C=O) groups excluding carboxylic acids is 1. The number of nitrogens with zero attached hydrogens (tertiary/aromatic N) is 2. The molecule has 0 fully saturated rings. The van der Waals surface area contributed by atoms with E-state index in [4.69, 9.17) is 0 Å². The number of rotatable bonds is 4. The van der Waals surface area contributed by atoms with Crippen molar-refractivity contribution in [2.75, 3.05) is 5.32 Å². The fourth-order valence-electron chi connectivity index (χ4n) is 2.54. The fraction of sp³-hybridized carbons (Fsp3) is 0.158. The molecule has 2 aromatic carbocycles. The lowest BCUT2D eigenvalue weighted by Gasteiger charge is -2.10. The molecular weight excluding hydrogens is 286 g/mol. The summed E-state index contributed by atoms with van der Waals surface area (Å²) in [6.07, 6.45) is 3.38. The van der Waals surface area contributed by atoms with Gasteiger partial charge in [-0.3, -0.25) is 9.48 Å². The largest absolute Gasteiger partial charge is 0.321 e. The smallest absolute Gasteiger partial charge is 0.258 e. The molecule has 0 unspecified atom stereocenters. The van der Waals surface area contributed by atoms with E-state index in [1.54, 1.807) is 17.1 Å². The maximum Gasteiger partial charge on any atom is 0.258 e. The summed E-state index contributed by atoms with van der Waals surface area (Å²) in [6, 6.07) is 16.0. The van der Waals surface area contributed by atoms with E-state index in [0.717, 1.165) is 22.4 Å². The standard InChI is InChI=1S/C19H19N3O/c1-14-7-6-8-15(2)18(14)21-19(23)17-11-20-22(13-17)12-16-9-4-3-5-10-16/h3-11,13H,12H2,1-2H3,(H,21,23). The number of hydrogen-bond donors (Lipinski definition) is 1. The summed E-state index contributed by atoms with van der Waals surface area (Å²) >= 11 is 0. The number of amides is 1. The Bertz CT molecular complexity index is 801. The van der Waals surface area contributed by atoms with Crippen molar-refractivity contribution in [2.45, 2.75) is 20.4 Å². The summed E-state index contributed by atoms with van der Waals surface area (Å²) in [4.78, 5) is 12.4. The van der Waals surface area contributed by atoms with Gasteiger partial charge in [-0.05, 0) is 30.5 Å². The zero-order chi connectivity index (χ0) is 16.2. The van der Waals surface area contributed by atoms with E-state index in [1.165, 1.54) is 0 Å². The van der Waals surface area contributed by atoms with Gasteiger partial charge in [0.25, 0.3) is 5.91 Å². The van der Waals surface area contributed by atoms with E-state index >= 15 is 0 Å². The predicted octanol–water partition coefficient (Wildman–Crippen LogP) is 3.80. The van der Waals surface area contributed by atoms with Crippen LogP contribution in [0.2, 0.25) is 0 Å². The fourth-order valence-corrected chi connectivity index (χ4v) is 2.54. The van der Waals surface area contributed by atoms with E-state index < -0.39 is 0 Å². The Morgan fingerprint density at radius 3 is 2.43 bits per heavy atom. The molecule has 0 aliphatic heterocycles. The highest BCUT2D eigenvalue weighted by atomic mass is 16.1. The van der Waals surface area contributed by atoms with Crippen LogP contribution in [0.5, 0.6) is 0 Å². The van der Waals surface area contributed by atoms with Crippen LogP contribution < -0.4 is 5.32 Å². The highest BCUT2D eigenvalue weighted by Gasteiger charge is 2.11. The summed E-state index contributed by atoms with van der Waals surface area (Å²) in [5.41, 5.74) is 4.68. The molecule has 0 atom stereocenters. The van der Waals surface area contributed by atoms with Crippen molar-refractivity contribution >= 4 is 11.6 Å². The number of para-hydroxylation sites is 1. The molecule has 4 heteroatoms. The second-order valence-electron chi connectivity index (χ2n) is 5.63. The van der Waals surface area contributed by atoms with E-state index in [9.17, 15) is 4.79 Å². The zero-order valence-corrected chi connectivity index (χ0v) is 13.3. The van der Waals surface area contributed by atoms with Crippen molar-refractivity contribution in [3.05, 3.63) is 83.2 Å². The van der Waals surface area contributed by atoms with Crippen molar-refractivity contribution in [1.82, 2.24) is 9.78 Å². The Morgan fingerprint density at radius 2 is 1.74 bits per heavy atom. The first-order valence-electron chi connectivity index (χ1n) is 7.57. The summed E-state index contributed by atoms with van der Waals surface area (Å²) in [6.45, 7) is 4.63. The Morgan fingerprint density at radius 1 is 1.04 bits per heavy atom. The third-order valence-corrected chi connectivity index (χ3v) is 3.80. The van der Waals surface area contributed by atoms with Gasteiger partial charge in [-0.2, -0.15) is 5.10 Å². The van der Waals surface area contributed by atoms with E-state index in [1.807, 2.05) is 62.4 Å². The summed E-state index contributed by atoms with van der Waals surface area (Å²) in [5.74, 6) is -0.137. The van der Waals surface area contributed by atoms with Crippen LogP contribution in [0.25, 0.3) is 0 Å². The van der Waals surface area contributed by atoms with E-state index in [2.05, 4.69) is 10.4 Å². The van der Waals surface area contributed by atoms with Gasteiger partial charge in [0.15, 0.2) is 0 Å². The first-order valence-corrected chi connectivity index (χ1v) is 7.57. The predicted molar refractivity (Wildman–Crippen MR) is 91.6 cm³/mol. The molecule has 116 valence electrons. The number of benzene rings is 2. The molecule has 0 saturated heterocycles. The molecule has 0 saturated carbocycles. The van der Waals surface area contributed by atoms with Gasteiger partial charge >= 0.3 is 0 Å². The molecule has 0 bridgehead atoms. The van der Waals surface area contributed by atoms with Gasteiger partial charge in [0.2, 0.25) is 0 Å². The number of anilines is 1. The summed E-state index contributed by atoms with van der Waals surface area (Å²) < 4.78 is 1.77. The quantitative estimate of drug-likeness (QED) is 0.797. The lowest BCUT2D eigenvalue weighted by atomic mass is 10.1. The Labute approximate surface area is 135 Å². The van der Waals surface area contributed by atoms with Gasteiger partial charge in [-0.25, -0.2) is 0 Å². The van der Waals surface area contributed by atoms with Crippen LogP contribution in [-0.2, 0) is 6.54 Å². The van der Waals surface area contributed by atoms with Gasteiger partial charge in [0, 0.05) is 11.9 Å². The van der Waals surface area contributed by atoms with E-state index in [0.29, 0.717) is 12.1 Å². The molecule has 0 radical (unpaired) electrons. The van der Waals surface area contributed by atoms with Gasteiger partial charge in [-0.1, -0.05) is 48.5 Å². The summed E-state index contributed by atoms with van der Waals surface area (Å²) in [5, 5.41) is 7.25. The highest BCUT2D eigenvalue weighted by molar-refractivity contribution is 6.04. The molecule has 1 N–H and O–H groups in total. The lowest BCUT2D eigenvalue weighted by Crippen LogP contribution is -2.13. The van der Waals surface area contributed by atoms with Crippen LogP contribution in [0.1, 0.15) is 27.0 Å². The van der Waals surface area contributed by atoms with Crippen molar-refractivity contribution in [3.8, 4) is 0 Å². The van der Waals surface area contributed by atoms with Crippen LogP contribution in [0, 0.1) is 13.8 Å². The Hall–Kier alpha value is -2.88. The number of nitrogens with one attached hydrogen (secondary N) is 1. The molecule has 1 heterocycles. The molecule has 0 spiro atoms. The number of aromatic nitrogens is 2. The second-order valence-corrected chi connectivity index (χ2v) is 5.63. The van der Waals surface area contributed by atoms with Crippen molar-refractivity contribution in [1.29, 1.82) is 0 Å². The van der Waals surface area contributed by atoms with Crippen molar-refractivity contribution < 1.29 is 4.79 Å². The minimum atomic E-state index is -0.137. The maximum absolute atomic E-state index is 12.4. The number of hydrogen-bond acceptors (Lipinski definition) is 2. The first kappa shape index (κ1) is 15.0. The third kappa shape index (κ3) is 3.48. The molecule has 3 rings (SSSR count). The third-order valence-electron chi connectivity index (χ3n) is 3.80. The Balaban J connectivity index is 1.74. The average molecular weight is 305 g/mol. The maximum atomic E-state index is 12.4. The number of aryl methyl sites for hydroxylation is 2. The Kier molecular flexibility index (Phi) is 4.24. The van der Waals surface area contributed by atoms with Crippen LogP contribution in [0.3, 0.4) is 0 Å².